The molecule has 0 aliphatic heterocycles. The van der Waals surface area contributed by atoms with Gasteiger partial charge in [-0.1, -0.05) is 19.1 Å². The Hall–Kier alpha value is -2.57. The number of hydrogen-bond acceptors (Lipinski definition) is 5. The molecule has 7 heteroatoms. The number of carbonyl (C=O) groups is 3. The van der Waals surface area contributed by atoms with E-state index >= 15 is 0 Å². The van der Waals surface area contributed by atoms with E-state index in [1.807, 2.05) is 31.2 Å². The van der Waals surface area contributed by atoms with E-state index in [4.69, 9.17) is 9.47 Å². The van der Waals surface area contributed by atoms with Gasteiger partial charge in [0.25, 0.3) is 0 Å². The summed E-state index contributed by atoms with van der Waals surface area (Å²) < 4.78 is 10.1. The van der Waals surface area contributed by atoms with Crippen LogP contribution in [-0.2, 0) is 25.5 Å². The summed E-state index contributed by atoms with van der Waals surface area (Å²) in [6, 6.07) is 7.34. The molecule has 0 fully saturated rings. The van der Waals surface area contributed by atoms with Crippen LogP contribution in [0.5, 0.6) is 5.75 Å². The van der Waals surface area contributed by atoms with E-state index < -0.39 is 5.92 Å². The molecular formula is C19H28N2O5. The zero-order valence-electron chi connectivity index (χ0n) is 15.9. The first-order valence-electron chi connectivity index (χ1n) is 8.69. The SMILES string of the molecule is CCOc1ccc(CC(=O)N(CCNC(C)=O)CC(C)C(=O)OC)cc1. The average molecular weight is 364 g/mol. The molecule has 0 aliphatic carbocycles. The summed E-state index contributed by atoms with van der Waals surface area (Å²) in [6.45, 7) is 6.52. The first-order valence-corrected chi connectivity index (χ1v) is 8.69. The number of carbonyl (C=O) groups excluding carboxylic acids is 3. The summed E-state index contributed by atoms with van der Waals surface area (Å²) in [4.78, 5) is 37.0. The molecule has 1 unspecified atom stereocenters. The van der Waals surface area contributed by atoms with Gasteiger partial charge in [0, 0.05) is 26.6 Å². The lowest BCUT2D eigenvalue weighted by Gasteiger charge is -2.25. The van der Waals surface area contributed by atoms with Crippen LogP contribution in [0.2, 0.25) is 0 Å². The summed E-state index contributed by atoms with van der Waals surface area (Å²) in [5, 5.41) is 2.67. The Balaban J connectivity index is 2.74. The molecule has 0 radical (unpaired) electrons. The number of rotatable bonds is 10. The van der Waals surface area contributed by atoms with Gasteiger partial charge in [0.2, 0.25) is 11.8 Å². The second-order valence-electron chi connectivity index (χ2n) is 6.00. The van der Waals surface area contributed by atoms with Gasteiger partial charge in [-0.25, -0.2) is 0 Å². The second-order valence-corrected chi connectivity index (χ2v) is 6.00. The number of esters is 1. The van der Waals surface area contributed by atoms with Crippen molar-refractivity contribution >= 4 is 17.8 Å². The highest BCUT2D eigenvalue weighted by atomic mass is 16.5. The molecule has 1 atom stereocenters. The smallest absolute Gasteiger partial charge is 0.310 e. The van der Waals surface area contributed by atoms with E-state index in [0.29, 0.717) is 19.7 Å². The summed E-state index contributed by atoms with van der Waals surface area (Å²) in [7, 11) is 1.32. The van der Waals surface area contributed by atoms with Crippen LogP contribution in [0.4, 0.5) is 0 Å². The van der Waals surface area contributed by atoms with E-state index in [9.17, 15) is 14.4 Å². The van der Waals surface area contributed by atoms with Gasteiger partial charge in [0.05, 0.1) is 26.1 Å². The molecule has 0 aliphatic rings. The Morgan fingerprint density at radius 3 is 2.38 bits per heavy atom. The van der Waals surface area contributed by atoms with Crippen molar-refractivity contribution in [3.63, 3.8) is 0 Å². The second kappa shape index (κ2) is 11.1. The molecule has 1 N–H and O–H groups in total. The Morgan fingerprint density at radius 1 is 1.19 bits per heavy atom. The van der Waals surface area contributed by atoms with E-state index in [-0.39, 0.29) is 30.7 Å². The molecule has 0 saturated carbocycles. The fourth-order valence-electron chi connectivity index (χ4n) is 2.45. The van der Waals surface area contributed by atoms with Gasteiger partial charge in [-0.05, 0) is 24.6 Å². The lowest BCUT2D eigenvalue weighted by molar-refractivity contribution is -0.146. The topological polar surface area (TPSA) is 84.9 Å². The van der Waals surface area contributed by atoms with Gasteiger partial charge in [0.1, 0.15) is 5.75 Å². The van der Waals surface area contributed by atoms with Crippen LogP contribution in [-0.4, -0.2) is 56.0 Å². The number of methoxy groups -OCH3 is 1. The minimum Gasteiger partial charge on any atom is -0.494 e. The largest absolute Gasteiger partial charge is 0.494 e. The molecular weight excluding hydrogens is 336 g/mol. The maximum Gasteiger partial charge on any atom is 0.310 e. The number of amides is 2. The highest BCUT2D eigenvalue weighted by Crippen LogP contribution is 2.13. The average Bonchev–Trinajstić information content (AvgIpc) is 2.61. The summed E-state index contributed by atoms with van der Waals surface area (Å²) in [6.07, 6.45) is 0.209. The van der Waals surface area contributed by atoms with Crippen LogP contribution in [0.25, 0.3) is 0 Å². The summed E-state index contributed by atoms with van der Waals surface area (Å²) in [5.41, 5.74) is 0.855. The van der Waals surface area contributed by atoms with Crippen LogP contribution >= 0.6 is 0 Å². The molecule has 26 heavy (non-hydrogen) atoms. The van der Waals surface area contributed by atoms with Crippen molar-refractivity contribution in [1.82, 2.24) is 10.2 Å². The predicted octanol–water partition coefficient (Wildman–Crippen LogP) is 1.40. The van der Waals surface area contributed by atoms with Gasteiger partial charge in [-0.2, -0.15) is 0 Å². The lowest BCUT2D eigenvalue weighted by Crippen LogP contribution is -2.42. The minimum atomic E-state index is -0.443. The highest BCUT2D eigenvalue weighted by molar-refractivity contribution is 5.80. The zero-order valence-corrected chi connectivity index (χ0v) is 15.9. The molecule has 0 bridgehead atoms. The Labute approximate surface area is 154 Å². The van der Waals surface area contributed by atoms with Crippen molar-refractivity contribution in [2.45, 2.75) is 27.2 Å². The van der Waals surface area contributed by atoms with Crippen LogP contribution in [0.15, 0.2) is 24.3 Å². The maximum atomic E-state index is 12.7. The van der Waals surface area contributed by atoms with Crippen LogP contribution in [0.1, 0.15) is 26.3 Å². The molecule has 2 amide bonds. The number of nitrogens with one attached hydrogen (secondary N) is 1. The first-order chi connectivity index (χ1) is 12.4. The van der Waals surface area contributed by atoms with Gasteiger partial charge < -0.3 is 19.7 Å². The Kier molecular flexibility index (Phi) is 9.19. The fourth-order valence-corrected chi connectivity index (χ4v) is 2.45. The third kappa shape index (κ3) is 7.55. The summed E-state index contributed by atoms with van der Waals surface area (Å²) >= 11 is 0. The monoisotopic (exact) mass is 364 g/mol. The molecule has 144 valence electrons. The van der Waals surface area contributed by atoms with Gasteiger partial charge in [-0.15, -0.1) is 0 Å². The molecule has 1 aromatic carbocycles. The van der Waals surface area contributed by atoms with Crippen molar-refractivity contribution in [2.24, 2.45) is 5.92 Å². The summed E-state index contributed by atoms with van der Waals surface area (Å²) in [5.74, 6) is -0.337. The predicted molar refractivity (Wildman–Crippen MR) is 97.8 cm³/mol. The highest BCUT2D eigenvalue weighted by Gasteiger charge is 2.21. The van der Waals surface area contributed by atoms with E-state index in [0.717, 1.165) is 11.3 Å². The molecule has 0 aromatic heterocycles. The van der Waals surface area contributed by atoms with Crippen molar-refractivity contribution in [2.75, 3.05) is 33.4 Å². The number of nitrogens with zero attached hydrogens (tertiary/aromatic N) is 1. The molecule has 1 rings (SSSR count). The Morgan fingerprint density at radius 2 is 1.85 bits per heavy atom. The zero-order chi connectivity index (χ0) is 19.5. The van der Waals surface area contributed by atoms with Crippen molar-refractivity contribution in [3.8, 4) is 5.75 Å². The lowest BCUT2D eigenvalue weighted by atomic mass is 10.1. The van der Waals surface area contributed by atoms with Gasteiger partial charge >= 0.3 is 5.97 Å². The normalized spacial score (nSPS) is 11.4. The third-order valence-corrected chi connectivity index (χ3v) is 3.80. The third-order valence-electron chi connectivity index (χ3n) is 3.80. The van der Waals surface area contributed by atoms with Crippen molar-refractivity contribution in [3.05, 3.63) is 29.8 Å². The standard InChI is InChI=1S/C19H28N2O5/c1-5-26-17-8-6-16(7-9-17)12-18(23)21(11-10-20-15(3)22)13-14(2)19(24)25-4/h6-9,14H,5,10-13H2,1-4H3,(H,20,22). The van der Waals surface area contributed by atoms with E-state index in [1.165, 1.54) is 14.0 Å². The number of benzene rings is 1. The molecule has 0 heterocycles. The number of hydrogen-bond donors (Lipinski definition) is 1. The number of ether oxygens (including phenoxy) is 2. The molecule has 0 saturated heterocycles. The van der Waals surface area contributed by atoms with Crippen LogP contribution in [0.3, 0.4) is 0 Å². The van der Waals surface area contributed by atoms with Gasteiger partial charge in [0.15, 0.2) is 0 Å². The maximum absolute atomic E-state index is 12.7. The quantitative estimate of drug-likeness (QED) is 0.635. The minimum absolute atomic E-state index is 0.115. The van der Waals surface area contributed by atoms with Crippen LogP contribution in [0, 0.1) is 5.92 Å². The van der Waals surface area contributed by atoms with E-state index in [1.54, 1.807) is 11.8 Å². The Bertz CT molecular complexity index is 600. The fraction of sp³-hybridized carbons (Fsp3) is 0.526. The van der Waals surface area contributed by atoms with Crippen molar-refractivity contribution < 1.29 is 23.9 Å². The van der Waals surface area contributed by atoms with E-state index in [2.05, 4.69) is 5.32 Å². The van der Waals surface area contributed by atoms with Crippen LogP contribution < -0.4 is 10.1 Å². The van der Waals surface area contributed by atoms with Gasteiger partial charge in [-0.3, -0.25) is 14.4 Å². The first kappa shape index (κ1) is 21.5. The molecule has 1 aromatic rings. The molecule has 7 nitrogen and oxygen atoms in total. The van der Waals surface area contributed by atoms with Crippen molar-refractivity contribution in [1.29, 1.82) is 0 Å². The molecule has 0 spiro atoms.